The van der Waals surface area contributed by atoms with E-state index < -0.39 is 30.1 Å². The van der Waals surface area contributed by atoms with Crippen LogP contribution in [0.15, 0.2) is 36.5 Å². The normalized spacial score (nSPS) is 16.7. The minimum atomic E-state index is -1.10. The van der Waals surface area contributed by atoms with Crippen molar-refractivity contribution in [1.82, 2.24) is 15.2 Å². The van der Waals surface area contributed by atoms with Crippen molar-refractivity contribution in [2.45, 2.75) is 31.9 Å². The lowest BCUT2D eigenvalue weighted by Crippen LogP contribution is -2.47. The van der Waals surface area contributed by atoms with Crippen LogP contribution in [0.5, 0.6) is 0 Å². The van der Waals surface area contributed by atoms with Gasteiger partial charge in [0.1, 0.15) is 10.9 Å². The number of ether oxygens (including phenoxy) is 1. The molecular weight excluding hydrogens is 482 g/mol. The van der Waals surface area contributed by atoms with Crippen LogP contribution in [0.2, 0.25) is 0 Å². The monoisotopic (exact) mass is 507 g/mol. The Hall–Kier alpha value is -4.01. The zero-order valence-electron chi connectivity index (χ0n) is 19.6. The fourth-order valence-electron chi connectivity index (χ4n) is 4.11. The van der Waals surface area contributed by atoms with E-state index in [1.807, 2.05) is 37.3 Å². The number of amides is 3. The number of fused-ring (bicyclic) bond motifs is 1. The molecule has 0 aliphatic carbocycles. The first-order chi connectivity index (χ1) is 17.3. The van der Waals surface area contributed by atoms with Crippen LogP contribution in [0.3, 0.4) is 0 Å². The first kappa shape index (κ1) is 25.1. The van der Waals surface area contributed by atoms with Gasteiger partial charge in [-0.3, -0.25) is 9.59 Å². The molecular formula is C25H25N5O5S. The molecule has 1 saturated heterocycles. The molecule has 0 radical (unpaired) electrons. The van der Waals surface area contributed by atoms with Gasteiger partial charge in [0.15, 0.2) is 6.10 Å². The van der Waals surface area contributed by atoms with E-state index in [4.69, 9.17) is 10.5 Å². The molecule has 3 amide bonds. The van der Waals surface area contributed by atoms with E-state index in [9.17, 15) is 24.8 Å². The second kappa shape index (κ2) is 10.7. The molecule has 0 spiro atoms. The lowest BCUT2D eigenvalue weighted by molar-refractivity contribution is -0.133. The number of pyridine rings is 1. The van der Waals surface area contributed by atoms with Crippen LogP contribution in [0.1, 0.15) is 27.2 Å². The maximum absolute atomic E-state index is 12.7. The molecule has 4 N–H and O–H groups in total. The fraction of sp³-hybridized carbons (Fsp3) is 0.320. The first-order valence-electron chi connectivity index (χ1n) is 11.3. The summed E-state index contributed by atoms with van der Waals surface area (Å²) in [6.07, 6.45) is 0.460. The second-order valence-corrected chi connectivity index (χ2v) is 9.53. The summed E-state index contributed by atoms with van der Waals surface area (Å²) in [5.41, 5.74) is 8.90. The Morgan fingerprint density at radius 2 is 2.08 bits per heavy atom. The number of nitrogens with zero attached hydrogens (tertiary/aromatic N) is 3. The summed E-state index contributed by atoms with van der Waals surface area (Å²) in [5.74, 6) is -0.975. The molecule has 36 heavy (non-hydrogen) atoms. The van der Waals surface area contributed by atoms with E-state index in [0.717, 1.165) is 37.4 Å². The van der Waals surface area contributed by atoms with Gasteiger partial charge in [0.25, 0.3) is 11.8 Å². The Kier molecular flexibility index (Phi) is 7.47. The van der Waals surface area contributed by atoms with Gasteiger partial charge in [-0.2, -0.15) is 5.26 Å². The number of rotatable bonds is 6. The number of nitrogens with one attached hydrogen (secondary N) is 1. The third-order valence-electron chi connectivity index (χ3n) is 6.06. The number of carboxylic acid groups (broad SMARTS) is 1. The highest BCUT2D eigenvalue weighted by Crippen LogP contribution is 2.32. The number of thiophene rings is 1. The molecule has 1 aromatic carbocycles. The van der Waals surface area contributed by atoms with Gasteiger partial charge in [-0.05, 0) is 36.1 Å². The molecule has 4 rings (SSSR count). The predicted molar refractivity (Wildman–Crippen MR) is 134 cm³/mol. The molecule has 2 aromatic heterocycles. The summed E-state index contributed by atoms with van der Waals surface area (Å²) >= 11 is 1.27. The fourth-order valence-corrected chi connectivity index (χ4v) is 5.10. The smallest absolute Gasteiger partial charge is 0.407 e. The van der Waals surface area contributed by atoms with Crippen LogP contribution in [0.4, 0.5) is 4.79 Å². The molecule has 186 valence electrons. The maximum Gasteiger partial charge on any atom is 0.407 e. The molecule has 0 unspecified atom stereocenters. The van der Waals surface area contributed by atoms with Crippen LogP contribution in [0, 0.1) is 18.3 Å². The largest absolute Gasteiger partial charge is 0.465 e. The van der Waals surface area contributed by atoms with Crippen LogP contribution in [-0.2, 0) is 16.0 Å². The van der Waals surface area contributed by atoms with E-state index in [1.165, 1.54) is 11.3 Å². The number of hydrogen-bond donors (Lipinski definition) is 3. The van der Waals surface area contributed by atoms with Gasteiger partial charge in [-0.15, -0.1) is 11.3 Å². The van der Waals surface area contributed by atoms with Gasteiger partial charge in [-0.25, -0.2) is 9.78 Å². The first-order valence-corrected chi connectivity index (χ1v) is 12.2. The van der Waals surface area contributed by atoms with Crippen molar-refractivity contribution >= 4 is 39.5 Å². The lowest BCUT2D eigenvalue weighted by Gasteiger charge is -2.22. The molecule has 1 fully saturated rings. The van der Waals surface area contributed by atoms with Crippen molar-refractivity contribution in [2.24, 2.45) is 5.73 Å². The van der Waals surface area contributed by atoms with Crippen LogP contribution >= 0.6 is 11.3 Å². The van der Waals surface area contributed by atoms with E-state index in [1.54, 1.807) is 6.20 Å². The Morgan fingerprint density at radius 3 is 2.75 bits per heavy atom. The minimum absolute atomic E-state index is 0.0725. The number of primary amides is 1. The van der Waals surface area contributed by atoms with Gasteiger partial charge >= 0.3 is 6.09 Å². The highest BCUT2D eigenvalue weighted by Gasteiger charge is 2.29. The number of aryl methyl sites for hydroxylation is 1. The summed E-state index contributed by atoms with van der Waals surface area (Å²) in [7, 11) is 0. The Labute approximate surface area is 211 Å². The number of carbonyl (C=O) groups is 3. The number of nitriles is 1. The third-order valence-corrected chi connectivity index (χ3v) is 7.29. The molecule has 10 nitrogen and oxygen atoms in total. The van der Waals surface area contributed by atoms with Crippen molar-refractivity contribution in [3.8, 4) is 17.2 Å². The molecule has 3 heterocycles. The van der Waals surface area contributed by atoms with E-state index in [2.05, 4.69) is 16.4 Å². The van der Waals surface area contributed by atoms with Gasteiger partial charge in [0.2, 0.25) is 0 Å². The zero-order valence-corrected chi connectivity index (χ0v) is 20.4. The van der Waals surface area contributed by atoms with Crippen molar-refractivity contribution in [1.29, 1.82) is 5.26 Å². The highest BCUT2D eigenvalue weighted by molar-refractivity contribution is 7.20. The quantitative estimate of drug-likeness (QED) is 0.462. The number of nitrogens with two attached hydrogens (primary N) is 1. The second-order valence-electron chi connectivity index (χ2n) is 8.53. The number of aromatic nitrogens is 1. The summed E-state index contributed by atoms with van der Waals surface area (Å²) < 4.78 is 5.50. The Bertz CT molecular complexity index is 1350. The summed E-state index contributed by atoms with van der Waals surface area (Å²) in [5, 5.41) is 22.4. The zero-order chi connectivity index (χ0) is 25.8. The Morgan fingerprint density at radius 1 is 1.33 bits per heavy atom. The minimum Gasteiger partial charge on any atom is -0.465 e. The van der Waals surface area contributed by atoms with E-state index in [-0.39, 0.29) is 19.6 Å². The van der Waals surface area contributed by atoms with Crippen molar-refractivity contribution < 1.29 is 24.2 Å². The number of hydrogen-bond acceptors (Lipinski definition) is 7. The molecule has 11 heteroatoms. The van der Waals surface area contributed by atoms with Crippen LogP contribution in [-0.4, -0.2) is 64.7 Å². The molecule has 0 bridgehead atoms. The average molecular weight is 508 g/mol. The summed E-state index contributed by atoms with van der Waals surface area (Å²) in [6, 6.07) is 10.8. The standard InChI is InChI=1S/C25H25N5O5S/c1-14-19-10-17(12-28-24(19)36-21(14)22(27)31)16-5-3-15(4-6-16)9-18(11-26)29-23(32)20-13-30(25(33)34)7-2-8-35-20/h3-6,10,12,18,20H,2,7-9,13H2,1H3,(H2,27,31)(H,29,32)(H,33,34)/t18-,20-/m0/s1. The number of benzene rings is 1. The summed E-state index contributed by atoms with van der Waals surface area (Å²) in [6.45, 7) is 2.35. The third kappa shape index (κ3) is 5.45. The molecule has 3 aromatic rings. The average Bonchev–Trinajstić information content (AvgIpc) is 3.03. The van der Waals surface area contributed by atoms with E-state index in [0.29, 0.717) is 17.8 Å². The van der Waals surface area contributed by atoms with Crippen molar-refractivity contribution in [2.75, 3.05) is 19.7 Å². The number of carbonyl (C=O) groups excluding carboxylic acids is 2. The lowest BCUT2D eigenvalue weighted by atomic mass is 10.0. The predicted octanol–water partition coefficient (Wildman–Crippen LogP) is 2.69. The van der Waals surface area contributed by atoms with Crippen molar-refractivity contribution in [3.63, 3.8) is 0 Å². The van der Waals surface area contributed by atoms with Crippen LogP contribution < -0.4 is 11.1 Å². The van der Waals surface area contributed by atoms with Gasteiger partial charge in [-0.1, -0.05) is 24.3 Å². The summed E-state index contributed by atoms with van der Waals surface area (Å²) in [4.78, 5) is 42.5. The SMILES string of the molecule is Cc1c(C(N)=O)sc2ncc(-c3ccc(C[C@@H](C#N)NC(=O)[C@@H]4CN(C(=O)O)CCCO4)cc3)cc12. The van der Waals surface area contributed by atoms with E-state index >= 15 is 0 Å². The molecule has 2 atom stereocenters. The van der Waals surface area contributed by atoms with Gasteiger partial charge < -0.3 is 25.8 Å². The van der Waals surface area contributed by atoms with Crippen molar-refractivity contribution in [3.05, 3.63) is 52.5 Å². The molecule has 1 aliphatic rings. The Balaban J connectivity index is 1.43. The molecule has 1 aliphatic heterocycles. The van der Waals surface area contributed by atoms with Crippen LogP contribution in [0.25, 0.3) is 21.3 Å². The molecule has 0 saturated carbocycles. The maximum atomic E-state index is 12.7. The van der Waals surface area contributed by atoms with Gasteiger partial charge in [0.05, 0.1) is 17.5 Å². The highest BCUT2D eigenvalue weighted by atomic mass is 32.1. The van der Waals surface area contributed by atoms with Gasteiger partial charge in [0, 0.05) is 36.7 Å². The topological polar surface area (TPSA) is 159 Å².